The number of hydrogen-bond donors (Lipinski definition) is 1. The monoisotopic (exact) mass is 194 g/mol. The summed E-state index contributed by atoms with van der Waals surface area (Å²) in [6.45, 7) is 0. The van der Waals surface area contributed by atoms with Crippen LogP contribution in [0.25, 0.3) is 0 Å². The number of aliphatic carboxylic acids is 1. The number of carboxylic acids is 1. The van der Waals surface area contributed by atoms with E-state index in [4.69, 9.17) is 5.11 Å². The average molecular weight is 194 g/mol. The van der Waals surface area contributed by atoms with Crippen molar-refractivity contribution in [2.75, 3.05) is 0 Å². The number of carbonyl (C=O) groups is 1. The third-order valence-corrected chi connectivity index (χ3v) is 2.63. The molecule has 1 aliphatic carbocycles. The van der Waals surface area contributed by atoms with Gasteiger partial charge in [-0.15, -0.1) is 0 Å². The molecule has 0 bridgehead atoms. The zero-order chi connectivity index (χ0) is 10.2. The standard InChI is InChI=1S/C12H18O2/c13-12(14)10-6-5-9-11-7-3-1-2-4-8-11/h5-6,9-11H,1-4,7-8H2,(H,13,14)/b9-5+,10-6+. The Kier molecular flexibility index (Phi) is 5.05. The first-order chi connectivity index (χ1) is 6.79. The van der Waals surface area contributed by atoms with Gasteiger partial charge < -0.3 is 5.11 Å². The van der Waals surface area contributed by atoms with Gasteiger partial charge in [0.1, 0.15) is 0 Å². The van der Waals surface area contributed by atoms with E-state index in [1.165, 1.54) is 44.6 Å². The van der Waals surface area contributed by atoms with Crippen LogP contribution < -0.4 is 0 Å². The van der Waals surface area contributed by atoms with Crippen LogP contribution in [0.15, 0.2) is 24.3 Å². The Labute approximate surface area is 85.3 Å². The van der Waals surface area contributed by atoms with E-state index < -0.39 is 5.97 Å². The van der Waals surface area contributed by atoms with Crippen LogP contribution in [0.1, 0.15) is 38.5 Å². The Morgan fingerprint density at radius 1 is 1.07 bits per heavy atom. The molecule has 0 aliphatic heterocycles. The molecule has 78 valence electrons. The van der Waals surface area contributed by atoms with E-state index in [1.807, 2.05) is 6.08 Å². The zero-order valence-corrected chi connectivity index (χ0v) is 8.48. The van der Waals surface area contributed by atoms with Gasteiger partial charge in [-0.1, -0.05) is 43.9 Å². The lowest BCUT2D eigenvalue weighted by Crippen LogP contribution is -1.92. The van der Waals surface area contributed by atoms with Gasteiger partial charge in [0.2, 0.25) is 0 Å². The Morgan fingerprint density at radius 3 is 2.29 bits per heavy atom. The predicted octanol–water partition coefficient (Wildman–Crippen LogP) is 3.15. The van der Waals surface area contributed by atoms with Crippen molar-refractivity contribution in [1.82, 2.24) is 0 Å². The summed E-state index contributed by atoms with van der Waals surface area (Å²) in [6, 6.07) is 0. The highest BCUT2D eigenvalue weighted by Crippen LogP contribution is 2.23. The molecule has 0 unspecified atom stereocenters. The second-order valence-corrected chi connectivity index (χ2v) is 3.83. The topological polar surface area (TPSA) is 37.3 Å². The molecule has 14 heavy (non-hydrogen) atoms. The molecule has 0 radical (unpaired) electrons. The molecule has 2 nitrogen and oxygen atoms in total. The molecule has 1 rings (SSSR count). The van der Waals surface area contributed by atoms with Gasteiger partial charge in [-0.25, -0.2) is 4.79 Å². The normalized spacial score (nSPS) is 20.3. The molecular weight excluding hydrogens is 176 g/mol. The molecule has 0 aromatic heterocycles. The maximum Gasteiger partial charge on any atom is 0.328 e. The second kappa shape index (κ2) is 6.41. The summed E-state index contributed by atoms with van der Waals surface area (Å²) in [6.07, 6.45) is 14.7. The molecule has 1 aliphatic rings. The van der Waals surface area contributed by atoms with Crippen molar-refractivity contribution in [3.8, 4) is 0 Å². The van der Waals surface area contributed by atoms with Gasteiger partial charge in [0.15, 0.2) is 0 Å². The van der Waals surface area contributed by atoms with Crippen molar-refractivity contribution < 1.29 is 9.90 Å². The number of allylic oxidation sites excluding steroid dienone is 3. The number of carboxylic acid groups (broad SMARTS) is 1. The first-order valence-corrected chi connectivity index (χ1v) is 5.37. The lowest BCUT2D eigenvalue weighted by Gasteiger charge is -2.06. The summed E-state index contributed by atoms with van der Waals surface area (Å²) in [5.74, 6) is -0.216. The average Bonchev–Trinajstić information content (AvgIpc) is 2.40. The van der Waals surface area contributed by atoms with Crippen LogP contribution in [0.5, 0.6) is 0 Å². The third kappa shape index (κ3) is 4.85. The molecule has 0 atom stereocenters. The van der Waals surface area contributed by atoms with E-state index in [0.29, 0.717) is 5.92 Å². The summed E-state index contributed by atoms with van der Waals surface area (Å²) in [5, 5.41) is 8.37. The number of hydrogen-bond acceptors (Lipinski definition) is 1. The van der Waals surface area contributed by atoms with Crippen LogP contribution in [0.3, 0.4) is 0 Å². The maximum absolute atomic E-state index is 10.2. The summed E-state index contributed by atoms with van der Waals surface area (Å²) in [4.78, 5) is 10.2. The molecule has 1 N–H and O–H groups in total. The molecule has 0 spiro atoms. The Morgan fingerprint density at radius 2 is 1.71 bits per heavy atom. The fourth-order valence-electron chi connectivity index (χ4n) is 1.86. The van der Waals surface area contributed by atoms with E-state index >= 15 is 0 Å². The summed E-state index contributed by atoms with van der Waals surface area (Å²) < 4.78 is 0. The highest BCUT2D eigenvalue weighted by Gasteiger charge is 2.07. The van der Waals surface area contributed by atoms with Gasteiger partial charge in [-0.2, -0.15) is 0 Å². The molecule has 0 amide bonds. The predicted molar refractivity (Wildman–Crippen MR) is 57.1 cm³/mol. The van der Waals surface area contributed by atoms with Crippen molar-refractivity contribution in [1.29, 1.82) is 0 Å². The number of rotatable bonds is 3. The first kappa shape index (κ1) is 11.0. The molecule has 1 saturated carbocycles. The minimum Gasteiger partial charge on any atom is -0.478 e. The van der Waals surface area contributed by atoms with Crippen molar-refractivity contribution in [3.63, 3.8) is 0 Å². The molecule has 0 saturated heterocycles. The smallest absolute Gasteiger partial charge is 0.328 e. The van der Waals surface area contributed by atoms with E-state index in [9.17, 15) is 4.79 Å². The molecule has 1 fully saturated rings. The fourth-order valence-corrected chi connectivity index (χ4v) is 1.86. The van der Waals surface area contributed by atoms with Gasteiger partial charge in [-0.3, -0.25) is 0 Å². The largest absolute Gasteiger partial charge is 0.478 e. The van der Waals surface area contributed by atoms with Gasteiger partial charge in [-0.05, 0) is 18.8 Å². The van der Waals surface area contributed by atoms with Gasteiger partial charge in [0, 0.05) is 6.08 Å². The van der Waals surface area contributed by atoms with Crippen molar-refractivity contribution in [3.05, 3.63) is 24.3 Å². The molecule has 0 aromatic carbocycles. The first-order valence-electron chi connectivity index (χ1n) is 5.37. The van der Waals surface area contributed by atoms with E-state index in [2.05, 4.69) is 6.08 Å². The van der Waals surface area contributed by atoms with E-state index in [-0.39, 0.29) is 0 Å². The summed E-state index contributed by atoms with van der Waals surface area (Å²) in [5.41, 5.74) is 0. The maximum atomic E-state index is 10.2. The van der Waals surface area contributed by atoms with Gasteiger partial charge in [0.05, 0.1) is 0 Å². The SMILES string of the molecule is O=C(O)/C=C/C=C/C1CCCCCC1. The highest BCUT2D eigenvalue weighted by atomic mass is 16.4. The van der Waals surface area contributed by atoms with Crippen LogP contribution in [-0.2, 0) is 4.79 Å². The van der Waals surface area contributed by atoms with Crippen molar-refractivity contribution in [2.24, 2.45) is 5.92 Å². The van der Waals surface area contributed by atoms with Crippen molar-refractivity contribution in [2.45, 2.75) is 38.5 Å². The summed E-state index contributed by atoms with van der Waals surface area (Å²) >= 11 is 0. The highest BCUT2D eigenvalue weighted by molar-refractivity contribution is 5.80. The summed E-state index contributed by atoms with van der Waals surface area (Å²) in [7, 11) is 0. The molecule has 0 heterocycles. The second-order valence-electron chi connectivity index (χ2n) is 3.83. The lowest BCUT2D eigenvalue weighted by molar-refractivity contribution is -0.131. The van der Waals surface area contributed by atoms with Crippen LogP contribution >= 0.6 is 0 Å². The zero-order valence-electron chi connectivity index (χ0n) is 8.48. The van der Waals surface area contributed by atoms with Gasteiger partial charge >= 0.3 is 5.97 Å². The quantitative estimate of drug-likeness (QED) is 0.425. The van der Waals surface area contributed by atoms with Crippen LogP contribution in [-0.4, -0.2) is 11.1 Å². The fraction of sp³-hybridized carbons (Fsp3) is 0.583. The Bertz CT molecular complexity index is 220. The third-order valence-electron chi connectivity index (χ3n) is 2.63. The van der Waals surface area contributed by atoms with E-state index in [1.54, 1.807) is 6.08 Å². The molecule has 0 aromatic rings. The Balaban J connectivity index is 2.30. The molecular formula is C12H18O2. The van der Waals surface area contributed by atoms with Crippen LogP contribution in [0.4, 0.5) is 0 Å². The van der Waals surface area contributed by atoms with Gasteiger partial charge in [0.25, 0.3) is 0 Å². The minimum atomic E-state index is -0.879. The minimum absolute atomic E-state index is 0.663. The lowest BCUT2D eigenvalue weighted by atomic mass is 10.00. The Hall–Kier alpha value is -1.05. The van der Waals surface area contributed by atoms with E-state index in [0.717, 1.165) is 0 Å². The van der Waals surface area contributed by atoms with Crippen LogP contribution in [0, 0.1) is 5.92 Å². The van der Waals surface area contributed by atoms with Crippen LogP contribution in [0.2, 0.25) is 0 Å². The molecule has 2 heteroatoms. The van der Waals surface area contributed by atoms with Crippen molar-refractivity contribution >= 4 is 5.97 Å².